The highest BCUT2D eigenvalue weighted by Gasteiger charge is 2.26. The van der Waals surface area contributed by atoms with Gasteiger partial charge >= 0.3 is 0 Å². The summed E-state index contributed by atoms with van der Waals surface area (Å²) in [5, 5.41) is 2.96. The van der Waals surface area contributed by atoms with Crippen molar-refractivity contribution in [3.63, 3.8) is 0 Å². The van der Waals surface area contributed by atoms with E-state index in [-0.39, 0.29) is 17.4 Å². The van der Waals surface area contributed by atoms with Crippen LogP contribution in [0.5, 0.6) is 0 Å². The number of hydrogen-bond acceptors (Lipinski definition) is 2. The number of nitrogens with one attached hydrogen (secondary N) is 1. The van der Waals surface area contributed by atoms with Crippen molar-refractivity contribution < 1.29 is 9.18 Å². The molecule has 0 aliphatic rings. The molecule has 0 saturated carbocycles. The van der Waals surface area contributed by atoms with Crippen LogP contribution in [-0.4, -0.2) is 18.5 Å². The van der Waals surface area contributed by atoms with E-state index < -0.39 is 5.82 Å². The minimum Gasteiger partial charge on any atom is -0.349 e. The molecule has 3 nitrogen and oxygen atoms in total. The lowest BCUT2D eigenvalue weighted by molar-refractivity contribution is 0.0898. The van der Waals surface area contributed by atoms with E-state index in [1.807, 2.05) is 20.8 Å². The minimum atomic E-state index is -0.401. The fourth-order valence-electron chi connectivity index (χ4n) is 1.96. The van der Waals surface area contributed by atoms with Gasteiger partial charge in [0.05, 0.1) is 0 Å². The first kappa shape index (κ1) is 15.6. The lowest BCUT2D eigenvalue weighted by Crippen LogP contribution is -2.45. The molecule has 1 amide bonds. The summed E-state index contributed by atoms with van der Waals surface area (Å²) >= 11 is 0. The van der Waals surface area contributed by atoms with Crippen LogP contribution >= 0.6 is 0 Å². The van der Waals surface area contributed by atoms with Gasteiger partial charge in [-0.2, -0.15) is 0 Å². The highest BCUT2D eigenvalue weighted by Crippen LogP contribution is 2.22. The third kappa shape index (κ3) is 4.31. The lowest BCUT2D eigenvalue weighted by Gasteiger charge is -2.31. The monoisotopic (exact) mass is 266 g/mol. The van der Waals surface area contributed by atoms with Crippen molar-refractivity contribution in [2.24, 2.45) is 11.1 Å². The van der Waals surface area contributed by atoms with E-state index in [9.17, 15) is 9.18 Å². The molecule has 1 unspecified atom stereocenters. The Labute approximate surface area is 114 Å². The van der Waals surface area contributed by atoms with Gasteiger partial charge < -0.3 is 11.1 Å². The second-order valence-corrected chi connectivity index (χ2v) is 5.93. The third-order valence-corrected chi connectivity index (χ3v) is 3.25. The fourth-order valence-corrected chi connectivity index (χ4v) is 1.96. The van der Waals surface area contributed by atoms with Gasteiger partial charge in [-0.25, -0.2) is 4.39 Å². The number of aryl methyl sites for hydroxylation is 1. The van der Waals surface area contributed by atoms with Gasteiger partial charge in [-0.1, -0.05) is 26.8 Å². The summed E-state index contributed by atoms with van der Waals surface area (Å²) in [5.41, 5.74) is 6.64. The fraction of sp³-hybridized carbons (Fsp3) is 0.533. The number of carbonyl (C=O) groups excluding carboxylic acids is 1. The van der Waals surface area contributed by atoms with Crippen molar-refractivity contribution in [3.8, 4) is 0 Å². The van der Waals surface area contributed by atoms with Crippen molar-refractivity contribution in [3.05, 3.63) is 35.1 Å². The molecular weight excluding hydrogens is 243 g/mol. The Hall–Kier alpha value is -1.42. The average molecular weight is 266 g/mol. The third-order valence-electron chi connectivity index (χ3n) is 3.25. The maximum atomic E-state index is 13.2. The van der Waals surface area contributed by atoms with E-state index in [2.05, 4.69) is 5.32 Å². The summed E-state index contributed by atoms with van der Waals surface area (Å²) in [7, 11) is 0. The van der Waals surface area contributed by atoms with Crippen LogP contribution in [0.1, 0.15) is 43.1 Å². The van der Waals surface area contributed by atoms with E-state index in [0.29, 0.717) is 18.5 Å². The Morgan fingerprint density at radius 1 is 1.42 bits per heavy atom. The van der Waals surface area contributed by atoms with E-state index >= 15 is 0 Å². The molecule has 0 aliphatic carbocycles. The van der Waals surface area contributed by atoms with Crippen LogP contribution in [0.2, 0.25) is 0 Å². The van der Waals surface area contributed by atoms with Gasteiger partial charge in [0, 0.05) is 11.6 Å². The first-order valence-corrected chi connectivity index (χ1v) is 6.52. The SMILES string of the molecule is Cc1ccc(F)cc1C(=O)NC(CCN)C(C)(C)C. The molecule has 19 heavy (non-hydrogen) atoms. The van der Waals surface area contributed by atoms with E-state index in [4.69, 9.17) is 5.73 Å². The molecule has 0 radical (unpaired) electrons. The molecule has 0 fully saturated rings. The molecule has 4 heteroatoms. The molecule has 0 heterocycles. The van der Waals surface area contributed by atoms with Gasteiger partial charge in [0.2, 0.25) is 0 Å². The van der Waals surface area contributed by atoms with Crippen LogP contribution in [0.25, 0.3) is 0 Å². The quantitative estimate of drug-likeness (QED) is 0.880. The standard InChI is InChI=1S/C15H23FN2O/c1-10-5-6-11(16)9-12(10)14(19)18-13(7-8-17)15(2,3)4/h5-6,9,13H,7-8,17H2,1-4H3,(H,18,19). The summed E-state index contributed by atoms with van der Waals surface area (Å²) in [6.07, 6.45) is 0.698. The number of nitrogens with two attached hydrogens (primary N) is 1. The summed E-state index contributed by atoms with van der Waals surface area (Å²) in [4.78, 5) is 12.2. The van der Waals surface area contributed by atoms with Crippen LogP contribution in [0.4, 0.5) is 4.39 Å². The van der Waals surface area contributed by atoms with Gasteiger partial charge in [-0.15, -0.1) is 0 Å². The zero-order chi connectivity index (χ0) is 14.6. The Morgan fingerprint density at radius 2 is 2.05 bits per heavy atom. The van der Waals surface area contributed by atoms with Crippen molar-refractivity contribution in [2.75, 3.05) is 6.54 Å². The molecular formula is C15H23FN2O. The second kappa shape index (κ2) is 6.15. The topological polar surface area (TPSA) is 55.1 Å². The molecule has 1 atom stereocenters. The number of carbonyl (C=O) groups is 1. The molecule has 0 spiro atoms. The smallest absolute Gasteiger partial charge is 0.251 e. The molecule has 1 aromatic carbocycles. The number of hydrogen-bond donors (Lipinski definition) is 2. The Kier molecular flexibility index (Phi) is 5.06. The number of benzene rings is 1. The Morgan fingerprint density at radius 3 is 2.58 bits per heavy atom. The summed E-state index contributed by atoms with van der Waals surface area (Å²) in [6.45, 7) is 8.44. The van der Waals surface area contributed by atoms with Crippen molar-refractivity contribution >= 4 is 5.91 Å². The molecule has 1 aromatic rings. The maximum Gasteiger partial charge on any atom is 0.251 e. The van der Waals surface area contributed by atoms with Gasteiger partial charge in [0.1, 0.15) is 5.82 Å². The van der Waals surface area contributed by atoms with Gasteiger partial charge in [0.15, 0.2) is 0 Å². The van der Waals surface area contributed by atoms with Gasteiger partial charge in [-0.3, -0.25) is 4.79 Å². The predicted molar refractivity (Wildman–Crippen MR) is 75.5 cm³/mol. The molecule has 0 aromatic heterocycles. The molecule has 3 N–H and O–H groups in total. The summed E-state index contributed by atoms with van der Waals surface area (Å²) in [6, 6.07) is 4.20. The summed E-state index contributed by atoms with van der Waals surface area (Å²) in [5.74, 6) is -0.646. The number of rotatable bonds is 4. The van der Waals surface area contributed by atoms with Gasteiger partial charge in [-0.05, 0) is 43.0 Å². The largest absolute Gasteiger partial charge is 0.349 e. The summed E-state index contributed by atoms with van der Waals surface area (Å²) < 4.78 is 13.2. The minimum absolute atomic E-state index is 0.0346. The molecule has 1 rings (SSSR count). The van der Waals surface area contributed by atoms with E-state index in [1.165, 1.54) is 12.1 Å². The Bertz CT molecular complexity index is 452. The lowest BCUT2D eigenvalue weighted by atomic mass is 9.84. The average Bonchev–Trinajstić information content (AvgIpc) is 2.30. The van der Waals surface area contributed by atoms with Crippen molar-refractivity contribution in [1.82, 2.24) is 5.32 Å². The predicted octanol–water partition coefficient (Wildman–Crippen LogP) is 2.63. The van der Waals surface area contributed by atoms with Crippen molar-refractivity contribution in [2.45, 2.75) is 40.2 Å². The second-order valence-electron chi connectivity index (χ2n) is 5.93. The van der Waals surface area contributed by atoms with Crippen LogP contribution in [-0.2, 0) is 0 Å². The highest BCUT2D eigenvalue weighted by molar-refractivity contribution is 5.95. The highest BCUT2D eigenvalue weighted by atomic mass is 19.1. The molecule has 106 valence electrons. The van der Waals surface area contributed by atoms with Crippen molar-refractivity contribution in [1.29, 1.82) is 0 Å². The maximum absolute atomic E-state index is 13.2. The number of amides is 1. The van der Waals surface area contributed by atoms with Crippen LogP contribution in [0.3, 0.4) is 0 Å². The Balaban J connectivity index is 2.91. The molecule has 0 aliphatic heterocycles. The first-order chi connectivity index (χ1) is 8.75. The van der Waals surface area contributed by atoms with E-state index in [0.717, 1.165) is 5.56 Å². The van der Waals surface area contributed by atoms with E-state index in [1.54, 1.807) is 13.0 Å². The normalized spacial score (nSPS) is 13.2. The first-order valence-electron chi connectivity index (χ1n) is 6.52. The molecule has 0 bridgehead atoms. The van der Waals surface area contributed by atoms with Gasteiger partial charge in [0.25, 0.3) is 5.91 Å². The van der Waals surface area contributed by atoms with Crippen LogP contribution < -0.4 is 11.1 Å². The van der Waals surface area contributed by atoms with Crippen LogP contribution in [0.15, 0.2) is 18.2 Å². The zero-order valence-corrected chi connectivity index (χ0v) is 12.1. The number of halogens is 1. The van der Waals surface area contributed by atoms with Crippen LogP contribution in [0, 0.1) is 18.2 Å². The zero-order valence-electron chi connectivity index (χ0n) is 12.1. The molecule has 0 saturated heterocycles.